The van der Waals surface area contributed by atoms with E-state index in [-0.39, 0.29) is 17.9 Å². The molecule has 1 N–H and O–H groups in total. The van der Waals surface area contributed by atoms with Crippen molar-refractivity contribution in [1.82, 2.24) is 9.55 Å². The molecular formula is C16H16ClN3O3. The van der Waals surface area contributed by atoms with Crippen molar-refractivity contribution >= 4 is 23.2 Å². The molecule has 6 nitrogen and oxygen atoms in total. The van der Waals surface area contributed by atoms with Crippen LogP contribution < -0.4 is 16.1 Å². The molecule has 1 aliphatic heterocycles. The Labute approximate surface area is 137 Å². The molecule has 0 spiro atoms. The number of nitrogens with zero attached hydrogens (tertiary/aromatic N) is 2. The lowest BCUT2D eigenvalue weighted by Crippen LogP contribution is -2.39. The Morgan fingerprint density at radius 2 is 2.04 bits per heavy atom. The normalized spacial score (nSPS) is 15.5. The van der Waals surface area contributed by atoms with Gasteiger partial charge < -0.3 is 4.90 Å². The number of hydrogen-bond donors (Lipinski definition) is 1. The molecule has 0 aliphatic carbocycles. The lowest BCUT2D eigenvalue weighted by atomic mass is 9.87. The summed E-state index contributed by atoms with van der Waals surface area (Å²) < 4.78 is 1.19. The van der Waals surface area contributed by atoms with Crippen LogP contribution in [0.5, 0.6) is 0 Å². The van der Waals surface area contributed by atoms with E-state index in [9.17, 15) is 14.4 Å². The third-order valence-electron chi connectivity index (χ3n) is 4.04. The van der Waals surface area contributed by atoms with Crippen molar-refractivity contribution < 1.29 is 4.79 Å². The summed E-state index contributed by atoms with van der Waals surface area (Å²) in [5, 5.41) is 0.628. The van der Waals surface area contributed by atoms with Crippen LogP contribution in [0.3, 0.4) is 0 Å². The summed E-state index contributed by atoms with van der Waals surface area (Å²) in [5.41, 5.74) is 0.516. The second-order valence-corrected chi connectivity index (χ2v) is 6.70. The molecule has 3 rings (SSSR count). The van der Waals surface area contributed by atoms with E-state index in [1.807, 2.05) is 26.0 Å². The third kappa shape index (κ3) is 2.82. The molecule has 23 heavy (non-hydrogen) atoms. The fourth-order valence-electron chi connectivity index (χ4n) is 2.87. The molecule has 0 radical (unpaired) electrons. The minimum atomic E-state index is -0.597. The van der Waals surface area contributed by atoms with Crippen LogP contribution in [0.4, 0.5) is 5.69 Å². The zero-order valence-electron chi connectivity index (χ0n) is 12.8. The van der Waals surface area contributed by atoms with Gasteiger partial charge >= 0.3 is 5.69 Å². The number of aromatic nitrogens is 2. The minimum absolute atomic E-state index is 0.131. The Hall–Kier alpha value is -2.34. The highest BCUT2D eigenvalue weighted by Crippen LogP contribution is 2.41. The van der Waals surface area contributed by atoms with Crippen LogP contribution >= 0.6 is 11.6 Å². The molecule has 1 aliphatic rings. The summed E-state index contributed by atoms with van der Waals surface area (Å²) in [6.45, 7) is 4.47. The molecule has 2 aromatic rings. The first-order valence-corrected chi connectivity index (χ1v) is 7.56. The van der Waals surface area contributed by atoms with Gasteiger partial charge in [-0.05, 0) is 23.8 Å². The largest absolute Gasteiger partial charge is 0.328 e. The van der Waals surface area contributed by atoms with Crippen LogP contribution in [0.1, 0.15) is 19.4 Å². The zero-order chi connectivity index (χ0) is 16.8. The highest BCUT2D eigenvalue weighted by molar-refractivity contribution is 6.30. The van der Waals surface area contributed by atoms with Crippen molar-refractivity contribution in [2.24, 2.45) is 0 Å². The Balaban J connectivity index is 1.93. The fourth-order valence-corrected chi connectivity index (χ4v) is 3.05. The number of fused-ring (bicyclic) bond motifs is 1. The highest BCUT2D eigenvalue weighted by Gasteiger charge is 2.38. The molecule has 0 saturated carbocycles. The highest BCUT2D eigenvalue weighted by atomic mass is 35.5. The Bertz CT molecular complexity index is 898. The second kappa shape index (κ2) is 5.38. The van der Waals surface area contributed by atoms with E-state index in [0.29, 0.717) is 11.6 Å². The first kappa shape index (κ1) is 15.6. The maximum atomic E-state index is 12.6. The predicted molar refractivity (Wildman–Crippen MR) is 88.2 cm³/mol. The molecule has 1 aromatic heterocycles. The quantitative estimate of drug-likeness (QED) is 0.905. The van der Waals surface area contributed by atoms with Gasteiger partial charge in [-0.1, -0.05) is 25.4 Å². The van der Waals surface area contributed by atoms with Crippen molar-refractivity contribution in [1.29, 1.82) is 0 Å². The average Bonchev–Trinajstić information content (AvgIpc) is 2.73. The van der Waals surface area contributed by atoms with Gasteiger partial charge in [0.15, 0.2) is 0 Å². The SMILES string of the molecule is CC1(C)CN(C(=O)Cn2ccc(=O)[nH]c2=O)c2ccc(Cl)cc21. The van der Waals surface area contributed by atoms with Crippen LogP contribution in [0.25, 0.3) is 0 Å². The van der Waals surface area contributed by atoms with Gasteiger partial charge in [0.25, 0.3) is 5.56 Å². The topological polar surface area (TPSA) is 75.2 Å². The van der Waals surface area contributed by atoms with Gasteiger partial charge in [0.05, 0.1) is 0 Å². The van der Waals surface area contributed by atoms with Gasteiger partial charge in [0.2, 0.25) is 5.91 Å². The van der Waals surface area contributed by atoms with E-state index < -0.39 is 11.2 Å². The molecule has 2 heterocycles. The van der Waals surface area contributed by atoms with Crippen molar-refractivity contribution in [2.75, 3.05) is 11.4 Å². The van der Waals surface area contributed by atoms with Crippen LogP contribution in [-0.4, -0.2) is 22.0 Å². The maximum absolute atomic E-state index is 12.6. The number of amides is 1. The van der Waals surface area contributed by atoms with Gasteiger partial charge in [-0.3, -0.25) is 19.1 Å². The van der Waals surface area contributed by atoms with Crippen LogP contribution in [0.2, 0.25) is 5.02 Å². The number of halogens is 1. The first-order valence-electron chi connectivity index (χ1n) is 7.18. The first-order chi connectivity index (χ1) is 10.8. The van der Waals surface area contributed by atoms with Gasteiger partial charge in [0.1, 0.15) is 6.54 Å². The van der Waals surface area contributed by atoms with Crippen molar-refractivity contribution in [3.63, 3.8) is 0 Å². The fraction of sp³-hybridized carbons (Fsp3) is 0.312. The zero-order valence-corrected chi connectivity index (χ0v) is 13.6. The van der Waals surface area contributed by atoms with Gasteiger partial charge in [-0.25, -0.2) is 4.79 Å². The van der Waals surface area contributed by atoms with E-state index in [1.165, 1.54) is 16.8 Å². The molecule has 0 fully saturated rings. The van der Waals surface area contributed by atoms with Crippen molar-refractivity contribution in [3.05, 3.63) is 61.9 Å². The summed E-state index contributed by atoms with van der Waals surface area (Å²) >= 11 is 6.06. The predicted octanol–water partition coefficient (Wildman–Crippen LogP) is 1.51. The summed E-state index contributed by atoms with van der Waals surface area (Å²) in [6, 6.07) is 6.65. The number of carbonyl (C=O) groups is 1. The molecule has 0 saturated heterocycles. The standard InChI is InChI=1S/C16H16ClN3O3/c1-16(2)9-20(12-4-3-10(17)7-11(12)16)14(22)8-19-6-5-13(21)18-15(19)23/h3-7H,8-9H2,1-2H3,(H,18,21,23). The molecule has 1 aromatic carbocycles. The average molecular weight is 334 g/mol. The van der Waals surface area contributed by atoms with Crippen LogP contribution in [0.15, 0.2) is 40.1 Å². The Morgan fingerprint density at radius 1 is 1.30 bits per heavy atom. The molecule has 0 unspecified atom stereocenters. The smallest absolute Gasteiger partial charge is 0.310 e. The molecule has 0 bridgehead atoms. The number of anilines is 1. The number of aromatic amines is 1. The Kier molecular flexibility index (Phi) is 3.64. The van der Waals surface area contributed by atoms with Gasteiger partial charge in [-0.15, -0.1) is 0 Å². The number of rotatable bonds is 2. The number of carbonyl (C=O) groups excluding carboxylic acids is 1. The van der Waals surface area contributed by atoms with Crippen molar-refractivity contribution in [2.45, 2.75) is 25.8 Å². The monoisotopic (exact) mass is 333 g/mol. The second-order valence-electron chi connectivity index (χ2n) is 6.26. The lowest BCUT2D eigenvalue weighted by molar-refractivity contribution is -0.119. The minimum Gasteiger partial charge on any atom is -0.310 e. The van der Waals surface area contributed by atoms with E-state index in [1.54, 1.807) is 11.0 Å². The molecule has 120 valence electrons. The lowest BCUT2D eigenvalue weighted by Gasteiger charge is -2.21. The van der Waals surface area contributed by atoms with Gasteiger partial charge in [-0.2, -0.15) is 0 Å². The summed E-state index contributed by atoms with van der Waals surface area (Å²) in [5.74, 6) is -0.215. The molecule has 1 amide bonds. The van der Waals surface area contributed by atoms with E-state index in [0.717, 1.165) is 11.3 Å². The van der Waals surface area contributed by atoms with E-state index in [4.69, 9.17) is 11.6 Å². The number of H-pyrrole nitrogens is 1. The van der Waals surface area contributed by atoms with Crippen LogP contribution in [-0.2, 0) is 16.8 Å². The number of nitrogens with one attached hydrogen (secondary N) is 1. The van der Waals surface area contributed by atoms with E-state index in [2.05, 4.69) is 4.98 Å². The Morgan fingerprint density at radius 3 is 2.74 bits per heavy atom. The summed E-state index contributed by atoms with van der Waals surface area (Å²) in [4.78, 5) is 39.2. The molecule has 0 atom stereocenters. The summed E-state index contributed by atoms with van der Waals surface area (Å²) in [7, 11) is 0. The van der Waals surface area contributed by atoms with E-state index >= 15 is 0 Å². The number of benzene rings is 1. The number of hydrogen-bond acceptors (Lipinski definition) is 3. The van der Waals surface area contributed by atoms with Crippen molar-refractivity contribution in [3.8, 4) is 0 Å². The van der Waals surface area contributed by atoms with Gasteiger partial charge in [0, 0.05) is 34.9 Å². The van der Waals surface area contributed by atoms with Crippen LogP contribution in [0, 0.1) is 0 Å². The third-order valence-corrected chi connectivity index (χ3v) is 4.27. The summed E-state index contributed by atoms with van der Waals surface area (Å²) in [6.07, 6.45) is 1.32. The maximum Gasteiger partial charge on any atom is 0.328 e. The molecule has 7 heteroatoms. The molecular weight excluding hydrogens is 318 g/mol.